The van der Waals surface area contributed by atoms with Crippen LogP contribution < -0.4 is 11.1 Å². The Morgan fingerprint density at radius 3 is 2.36 bits per heavy atom. The molecule has 2 aromatic carbocycles. The van der Waals surface area contributed by atoms with Crippen LogP contribution in [-0.4, -0.2) is 21.6 Å². The highest BCUT2D eigenvalue weighted by molar-refractivity contribution is 6.04. The number of carbonyl (C=O) groups is 2. The van der Waals surface area contributed by atoms with E-state index in [-0.39, 0.29) is 22.6 Å². The van der Waals surface area contributed by atoms with Gasteiger partial charge in [0.15, 0.2) is 5.69 Å². The van der Waals surface area contributed by atoms with Crippen LogP contribution in [0.25, 0.3) is 5.69 Å². The van der Waals surface area contributed by atoms with Crippen LogP contribution in [0, 0.1) is 6.92 Å². The zero-order valence-corrected chi connectivity index (χ0v) is 14.6. The molecule has 0 radical (unpaired) electrons. The maximum Gasteiger partial charge on any atom is 0.416 e. The fourth-order valence-corrected chi connectivity index (χ4v) is 2.63. The zero-order valence-electron chi connectivity index (χ0n) is 14.6. The van der Waals surface area contributed by atoms with Crippen molar-refractivity contribution in [2.75, 3.05) is 5.32 Å². The molecule has 6 nitrogen and oxygen atoms in total. The third-order valence-corrected chi connectivity index (χ3v) is 4.00. The van der Waals surface area contributed by atoms with Crippen LogP contribution in [0.1, 0.15) is 32.1 Å². The molecular formula is C19H15F3N4O2. The van der Waals surface area contributed by atoms with Crippen LogP contribution in [0.15, 0.2) is 54.6 Å². The number of aromatic nitrogens is 2. The average Bonchev–Trinajstić information content (AvgIpc) is 3.09. The summed E-state index contributed by atoms with van der Waals surface area (Å²) in [5, 5.41) is 6.43. The first-order chi connectivity index (χ1) is 13.2. The lowest BCUT2D eigenvalue weighted by Gasteiger charge is -2.12. The number of rotatable bonds is 4. The predicted octanol–water partition coefficient (Wildman–Crippen LogP) is 3.55. The summed E-state index contributed by atoms with van der Waals surface area (Å²) in [6.45, 7) is 1.33. The lowest BCUT2D eigenvalue weighted by molar-refractivity contribution is -0.138. The number of hydrogen-bond acceptors (Lipinski definition) is 3. The fraction of sp³-hybridized carbons (Fsp3) is 0.105. The normalized spacial score (nSPS) is 11.3. The molecule has 1 aromatic heterocycles. The summed E-state index contributed by atoms with van der Waals surface area (Å²) in [5.41, 5.74) is 4.80. The molecule has 0 unspecified atom stereocenters. The van der Waals surface area contributed by atoms with Gasteiger partial charge in [0.05, 0.1) is 11.3 Å². The molecule has 0 atom stereocenters. The molecule has 3 rings (SSSR count). The van der Waals surface area contributed by atoms with E-state index in [9.17, 15) is 22.8 Å². The maximum atomic E-state index is 13.0. The van der Waals surface area contributed by atoms with Crippen LogP contribution >= 0.6 is 0 Å². The molecule has 0 spiro atoms. The molecule has 144 valence electrons. The second-order valence-corrected chi connectivity index (χ2v) is 6.01. The third-order valence-electron chi connectivity index (χ3n) is 4.00. The van der Waals surface area contributed by atoms with Gasteiger partial charge in [-0.15, -0.1) is 0 Å². The fourth-order valence-electron chi connectivity index (χ4n) is 2.63. The zero-order chi connectivity index (χ0) is 20.5. The van der Waals surface area contributed by atoms with Gasteiger partial charge in [-0.3, -0.25) is 9.59 Å². The number of nitrogens with zero attached hydrogens (tertiary/aromatic N) is 2. The van der Waals surface area contributed by atoms with Crippen LogP contribution in [0.5, 0.6) is 0 Å². The highest BCUT2D eigenvalue weighted by atomic mass is 19.4. The van der Waals surface area contributed by atoms with Crippen molar-refractivity contribution in [3.63, 3.8) is 0 Å². The maximum absolute atomic E-state index is 13.0. The number of anilines is 1. The van der Waals surface area contributed by atoms with E-state index in [1.54, 1.807) is 30.3 Å². The molecule has 0 saturated carbocycles. The Kier molecular flexibility index (Phi) is 4.91. The van der Waals surface area contributed by atoms with E-state index in [0.717, 1.165) is 6.07 Å². The lowest BCUT2D eigenvalue weighted by atomic mass is 10.1. The summed E-state index contributed by atoms with van der Waals surface area (Å²) in [6.07, 6.45) is -4.54. The summed E-state index contributed by atoms with van der Waals surface area (Å²) in [4.78, 5) is 24.1. The topological polar surface area (TPSA) is 90.0 Å². The SMILES string of the molecule is Cc1ccc(NC(=O)c2cc(C(N)=O)n(-c3ccccc3)n2)cc1C(F)(F)F. The van der Waals surface area contributed by atoms with Gasteiger partial charge in [-0.05, 0) is 36.8 Å². The first kappa shape index (κ1) is 19.2. The van der Waals surface area contributed by atoms with Crippen molar-refractivity contribution >= 4 is 17.5 Å². The van der Waals surface area contributed by atoms with E-state index >= 15 is 0 Å². The number of primary amides is 1. The number of nitrogens with one attached hydrogen (secondary N) is 1. The molecular weight excluding hydrogens is 373 g/mol. The van der Waals surface area contributed by atoms with Gasteiger partial charge in [0.2, 0.25) is 0 Å². The van der Waals surface area contributed by atoms with Gasteiger partial charge in [0, 0.05) is 11.8 Å². The smallest absolute Gasteiger partial charge is 0.364 e. The number of amides is 2. The van der Waals surface area contributed by atoms with Crippen molar-refractivity contribution in [3.05, 3.63) is 77.1 Å². The van der Waals surface area contributed by atoms with Crippen molar-refractivity contribution in [3.8, 4) is 5.69 Å². The van der Waals surface area contributed by atoms with Crippen LogP contribution in [0.4, 0.5) is 18.9 Å². The summed E-state index contributed by atoms with van der Waals surface area (Å²) < 4.78 is 40.3. The van der Waals surface area contributed by atoms with Crippen LogP contribution in [0.2, 0.25) is 0 Å². The van der Waals surface area contributed by atoms with E-state index < -0.39 is 23.6 Å². The van der Waals surface area contributed by atoms with E-state index in [1.165, 1.54) is 29.8 Å². The Bertz CT molecular complexity index is 1040. The third kappa shape index (κ3) is 3.88. The number of hydrogen-bond donors (Lipinski definition) is 2. The predicted molar refractivity (Wildman–Crippen MR) is 96.2 cm³/mol. The largest absolute Gasteiger partial charge is 0.416 e. The Labute approximate surface area is 157 Å². The van der Waals surface area contributed by atoms with E-state index in [0.29, 0.717) is 5.69 Å². The standard InChI is InChI=1S/C19H15F3N4O2/c1-11-7-8-12(9-14(11)19(20,21)22)24-18(28)15-10-16(17(23)27)26(25-15)13-5-3-2-4-6-13/h2-10H,1H3,(H2,23,27)(H,24,28). The lowest BCUT2D eigenvalue weighted by Crippen LogP contribution is -2.16. The number of para-hydroxylation sites is 1. The summed E-state index contributed by atoms with van der Waals surface area (Å²) >= 11 is 0. The molecule has 0 fully saturated rings. The van der Waals surface area contributed by atoms with Gasteiger partial charge in [0.25, 0.3) is 11.8 Å². The van der Waals surface area contributed by atoms with Crippen molar-refractivity contribution in [2.24, 2.45) is 5.73 Å². The van der Waals surface area contributed by atoms with Gasteiger partial charge in [-0.2, -0.15) is 18.3 Å². The molecule has 2 amide bonds. The molecule has 1 heterocycles. The van der Waals surface area contributed by atoms with Crippen molar-refractivity contribution in [1.29, 1.82) is 0 Å². The Morgan fingerprint density at radius 1 is 1.07 bits per heavy atom. The molecule has 0 aliphatic heterocycles. The van der Waals surface area contributed by atoms with Gasteiger partial charge in [-0.25, -0.2) is 4.68 Å². The molecule has 0 aliphatic carbocycles. The van der Waals surface area contributed by atoms with Gasteiger partial charge in [-0.1, -0.05) is 24.3 Å². The molecule has 0 saturated heterocycles. The van der Waals surface area contributed by atoms with Gasteiger partial charge >= 0.3 is 6.18 Å². The van der Waals surface area contributed by atoms with Crippen LogP contribution in [-0.2, 0) is 6.18 Å². The number of alkyl halides is 3. The monoisotopic (exact) mass is 388 g/mol. The molecule has 0 bridgehead atoms. The van der Waals surface area contributed by atoms with Crippen LogP contribution in [0.3, 0.4) is 0 Å². The molecule has 3 N–H and O–H groups in total. The Morgan fingerprint density at radius 2 is 1.75 bits per heavy atom. The number of aryl methyl sites for hydroxylation is 1. The number of nitrogens with two attached hydrogens (primary N) is 1. The second kappa shape index (κ2) is 7.18. The molecule has 3 aromatic rings. The van der Waals surface area contributed by atoms with Crippen molar-refractivity contribution < 1.29 is 22.8 Å². The summed E-state index contributed by atoms with van der Waals surface area (Å²) in [5.74, 6) is -1.57. The van der Waals surface area contributed by atoms with E-state index in [1.807, 2.05) is 0 Å². The first-order valence-corrected chi connectivity index (χ1v) is 8.11. The van der Waals surface area contributed by atoms with Crippen molar-refractivity contribution in [2.45, 2.75) is 13.1 Å². The minimum absolute atomic E-state index is 0.0313. The quantitative estimate of drug-likeness (QED) is 0.716. The highest BCUT2D eigenvalue weighted by Gasteiger charge is 2.32. The van der Waals surface area contributed by atoms with Gasteiger partial charge < -0.3 is 11.1 Å². The minimum atomic E-state index is -4.54. The molecule has 0 aliphatic rings. The second-order valence-electron chi connectivity index (χ2n) is 6.01. The highest BCUT2D eigenvalue weighted by Crippen LogP contribution is 2.33. The Hall–Kier alpha value is -3.62. The Balaban J connectivity index is 1.93. The number of halogens is 3. The first-order valence-electron chi connectivity index (χ1n) is 8.11. The molecule has 9 heteroatoms. The molecule has 28 heavy (non-hydrogen) atoms. The van der Waals surface area contributed by atoms with Crippen molar-refractivity contribution in [1.82, 2.24) is 9.78 Å². The average molecular weight is 388 g/mol. The van der Waals surface area contributed by atoms with E-state index in [2.05, 4.69) is 10.4 Å². The summed E-state index contributed by atoms with van der Waals surface area (Å²) in [6, 6.07) is 13.2. The summed E-state index contributed by atoms with van der Waals surface area (Å²) in [7, 11) is 0. The number of benzene rings is 2. The number of carbonyl (C=O) groups excluding carboxylic acids is 2. The van der Waals surface area contributed by atoms with E-state index in [4.69, 9.17) is 5.73 Å². The van der Waals surface area contributed by atoms with Gasteiger partial charge in [0.1, 0.15) is 5.69 Å². The minimum Gasteiger partial charge on any atom is -0.364 e.